The number of carboxylic acid groups (broad SMARTS) is 1. The monoisotopic (exact) mass is 215 g/mol. The topological polar surface area (TPSA) is 57.6 Å². The zero-order valence-electron chi connectivity index (χ0n) is 9.66. The van der Waals surface area contributed by atoms with Gasteiger partial charge < -0.3 is 10.0 Å². The van der Waals surface area contributed by atoms with Crippen LogP contribution in [0.25, 0.3) is 0 Å². The highest BCUT2D eigenvalue weighted by Gasteiger charge is 2.09. The molecule has 0 atom stereocenters. The van der Waals surface area contributed by atoms with Gasteiger partial charge in [-0.1, -0.05) is 26.2 Å². The van der Waals surface area contributed by atoms with Gasteiger partial charge in [-0.3, -0.25) is 9.59 Å². The predicted molar refractivity (Wildman–Crippen MR) is 58.6 cm³/mol. The van der Waals surface area contributed by atoms with Gasteiger partial charge in [0.15, 0.2) is 0 Å². The van der Waals surface area contributed by atoms with E-state index in [9.17, 15) is 9.59 Å². The zero-order valence-corrected chi connectivity index (χ0v) is 9.66. The summed E-state index contributed by atoms with van der Waals surface area (Å²) >= 11 is 0. The van der Waals surface area contributed by atoms with Crippen molar-refractivity contribution in [3.05, 3.63) is 0 Å². The van der Waals surface area contributed by atoms with E-state index in [0.29, 0.717) is 13.1 Å². The number of aliphatic carboxylic acids is 1. The van der Waals surface area contributed by atoms with Gasteiger partial charge in [-0.25, -0.2) is 0 Å². The van der Waals surface area contributed by atoms with Crippen LogP contribution in [0.15, 0.2) is 0 Å². The summed E-state index contributed by atoms with van der Waals surface area (Å²) in [5.41, 5.74) is 0. The third kappa shape index (κ3) is 7.97. The Morgan fingerprint density at radius 3 is 2.27 bits per heavy atom. The van der Waals surface area contributed by atoms with Crippen molar-refractivity contribution in [2.75, 3.05) is 13.1 Å². The molecule has 0 unspecified atom stereocenters. The predicted octanol–water partition coefficient (Wildman–Crippen LogP) is 1.89. The van der Waals surface area contributed by atoms with Gasteiger partial charge >= 0.3 is 5.97 Å². The number of amides is 1. The summed E-state index contributed by atoms with van der Waals surface area (Å²) in [4.78, 5) is 23.1. The second-order valence-corrected chi connectivity index (χ2v) is 3.71. The second kappa shape index (κ2) is 8.26. The molecule has 0 aliphatic heterocycles. The second-order valence-electron chi connectivity index (χ2n) is 3.71. The average molecular weight is 215 g/mol. The highest BCUT2D eigenvalue weighted by Crippen LogP contribution is 2.02. The molecule has 0 rings (SSSR count). The van der Waals surface area contributed by atoms with Gasteiger partial charge in [0.25, 0.3) is 0 Å². The fourth-order valence-electron chi connectivity index (χ4n) is 1.39. The van der Waals surface area contributed by atoms with Gasteiger partial charge in [0.2, 0.25) is 5.91 Å². The first-order chi connectivity index (χ1) is 7.07. The highest BCUT2D eigenvalue weighted by molar-refractivity contribution is 5.74. The maximum absolute atomic E-state index is 11.2. The minimum atomic E-state index is -0.852. The van der Waals surface area contributed by atoms with Gasteiger partial charge in [-0.2, -0.15) is 0 Å². The Hall–Kier alpha value is -1.06. The maximum atomic E-state index is 11.2. The van der Waals surface area contributed by atoms with E-state index in [-0.39, 0.29) is 12.3 Å². The lowest BCUT2D eigenvalue weighted by molar-refractivity contribution is -0.138. The molecule has 0 aliphatic carbocycles. The van der Waals surface area contributed by atoms with Crippen LogP contribution in [0.5, 0.6) is 0 Å². The normalized spacial score (nSPS) is 10.0. The van der Waals surface area contributed by atoms with Gasteiger partial charge in [-0.05, 0) is 6.42 Å². The Bertz CT molecular complexity index is 204. The molecular formula is C11H21NO3. The summed E-state index contributed by atoms with van der Waals surface area (Å²) < 4.78 is 0. The fourth-order valence-corrected chi connectivity index (χ4v) is 1.39. The first-order valence-electron chi connectivity index (χ1n) is 5.55. The molecule has 0 saturated carbocycles. The molecule has 88 valence electrons. The van der Waals surface area contributed by atoms with Crippen molar-refractivity contribution in [1.82, 2.24) is 4.90 Å². The molecule has 0 bridgehead atoms. The van der Waals surface area contributed by atoms with Crippen molar-refractivity contribution in [2.45, 2.75) is 46.0 Å². The standard InChI is InChI=1S/C11H21NO3/c1-3-4-5-6-8-12(10(2)13)9-7-11(14)15/h3-9H2,1-2H3,(H,14,15). The van der Waals surface area contributed by atoms with Crippen LogP contribution < -0.4 is 0 Å². The third-order valence-corrected chi connectivity index (χ3v) is 2.32. The third-order valence-electron chi connectivity index (χ3n) is 2.32. The Morgan fingerprint density at radius 2 is 1.80 bits per heavy atom. The number of rotatable bonds is 8. The molecule has 0 saturated heterocycles. The number of carbonyl (C=O) groups is 2. The van der Waals surface area contributed by atoms with Crippen LogP contribution in [-0.2, 0) is 9.59 Å². The molecule has 0 aromatic carbocycles. The first-order valence-corrected chi connectivity index (χ1v) is 5.55. The van der Waals surface area contributed by atoms with Crippen molar-refractivity contribution in [2.24, 2.45) is 0 Å². The molecule has 0 spiro atoms. The van der Waals surface area contributed by atoms with E-state index in [4.69, 9.17) is 5.11 Å². The molecule has 15 heavy (non-hydrogen) atoms. The molecule has 0 aromatic rings. The van der Waals surface area contributed by atoms with Crippen molar-refractivity contribution >= 4 is 11.9 Å². The van der Waals surface area contributed by atoms with Crippen molar-refractivity contribution in [3.8, 4) is 0 Å². The van der Waals surface area contributed by atoms with Gasteiger partial charge in [0, 0.05) is 20.0 Å². The number of hydrogen-bond donors (Lipinski definition) is 1. The molecule has 0 aromatic heterocycles. The molecule has 1 amide bonds. The van der Waals surface area contributed by atoms with Crippen molar-refractivity contribution in [1.29, 1.82) is 0 Å². The number of hydrogen-bond acceptors (Lipinski definition) is 2. The zero-order chi connectivity index (χ0) is 11.7. The Balaban J connectivity index is 3.73. The highest BCUT2D eigenvalue weighted by atomic mass is 16.4. The SMILES string of the molecule is CCCCCCN(CCC(=O)O)C(C)=O. The van der Waals surface area contributed by atoms with E-state index in [1.807, 2.05) is 0 Å². The quantitative estimate of drug-likeness (QED) is 0.629. The fraction of sp³-hybridized carbons (Fsp3) is 0.818. The molecule has 1 N–H and O–H groups in total. The van der Waals surface area contributed by atoms with Crippen LogP contribution in [0.2, 0.25) is 0 Å². The Kier molecular flexibility index (Phi) is 7.68. The van der Waals surface area contributed by atoms with E-state index in [1.165, 1.54) is 13.3 Å². The first kappa shape index (κ1) is 13.9. The molecule has 4 heteroatoms. The van der Waals surface area contributed by atoms with Gasteiger partial charge in [-0.15, -0.1) is 0 Å². The molecule has 0 radical (unpaired) electrons. The molecular weight excluding hydrogens is 194 g/mol. The van der Waals surface area contributed by atoms with Crippen LogP contribution in [0.1, 0.15) is 46.0 Å². The lowest BCUT2D eigenvalue weighted by Gasteiger charge is -2.19. The van der Waals surface area contributed by atoms with E-state index < -0.39 is 5.97 Å². The minimum absolute atomic E-state index is 0.0345. The summed E-state index contributed by atoms with van der Waals surface area (Å²) in [7, 11) is 0. The van der Waals surface area contributed by atoms with Gasteiger partial charge in [0.1, 0.15) is 0 Å². The summed E-state index contributed by atoms with van der Waals surface area (Å²) in [6.07, 6.45) is 4.44. The lowest BCUT2D eigenvalue weighted by atomic mass is 10.2. The van der Waals surface area contributed by atoms with Crippen molar-refractivity contribution in [3.63, 3.8) is 0 Å². The largest absolute Gasteiger partial charge is 0.481 e. The summed E-state index contributed by atoms with van der Waals surface area (Å²) in [5.74, 6) is -0.887. The number of carbonyl (C=O) groups excluding carboxylic acids is 1. The van der Waals surface area contributed by atoms with Crippen molar-refractivity contribution < 1.29 is 14.7 Å². The van der Waals surface area contributed by atoms with Crippen LogP contribution in [0, 0.1) is 0 Å². The van der Waals surface area contributed by atoms with E-state index in [1.54, 1.807) is 4.90 Å². The number of unbranched alkanes of at least 4 members (excludes halogenated alkanes) is 3. The van der Waals surface area contributed by atoms with E-state index >= 15 is 0 Å². The smallest absolute Gasteiger partial charge is 0.305 e. The van der Waals surface area contributed by atoms with Gasteiger partial charge in [0.05, 0.1) is 6.42 Å². The molecule has 0 fully saturated rings. The molecule has 0 aliphatic rings. The van der Waals surface area contributed by atoms with Crippen LogP contribution >= 0.6 is 0 Å². The lowest BCUT2D eigenvalue weighted by Crippen LogP contribution is -2.31. The van der Waals surface area contributed by atoms with Crippen LogP contribution in [-0.4, -0.2) is 35.0 Å². The average Bonchev–Trinajstić information content (AvgIpc) is 2.15. The molecule has 4 nitrogen and oxygen atoms in total. The Morgan fingerprint density at radius 1 is 1.13 bits per heavy atom. The summed E-state index contributed by atoms with van der Waals surface area (Å²) in [6.45, 7) is 4.63. The van der Waals surface area contributed by atoms with Crippen LogP contribution in [0.4, 0.5) is 0 Å². The number of carboxylic acids is 1. The van der Waals surface area contributed by atoms with E-state index in [2.05, 4.69) is 6.92 Å². The summed E-state index contributed by atoms with van der Waals surface area (Å²) in [5, 5.41) is 8.52. The maximum Gasteiger partial charge on any atom is 0.305 e. The van der Waals surface area contributed by atoms with Crippen LogP contribution in [0.3, 0.4) is 0 Å². The Labute approximate surface area is 91.3 Å². The molecule has 0 heterocycles. The number of nitrogens with zero attached hydrogens (tertiary/aromatic N) is 1. The minimum Gasteiger partial charge on any atom is -0.481 e. The summed E-state index contributed by atoms with van der Waals surface area (Å²) in [6, 6.07) is 0. The van der Waals surface area contributed by atoms with E-state index in [0.717, 1.165) is 19.3 Å².